The monoisotopic (exact) mass is 1180 g/mol. The van der Waals surface area contributed by atoms with Crippen molar-refractivity contribution in [2.75, 3.05) is 32.1 Å². The Kier molecular flexibility index (Phi) is 34.8. The largest absolute Gasteiger partial charge is 0.481 e. The zero-order valence-electron chi connectivity index (χ0n) is 45.7. The molecular formula is C49H83ClN12O19. The standard InChI is InChI=1S/C49H83ClN12O19/c1-4-6-7-8-9-10-11-14-26(64)21-34(66)54-32-24-81-49(80)37(33(65)23-50)61-40(70)27(5-2)55-46(76)36(25(3)63)60-43(73)30(17-20-53)58-47(77)38(39(69)48(78)79)62-42(72)28(15-12-13-18-51)56-44(74)31(22-35(67)68)59-41(71)29(16-19-52)57-45(32)75/h5,25-26,28-33,36-39,63-65,69H,4,6-24,51-53H2,1-3H3,(H,54,66)(H,55,76)(H,56,74)(H,57,75)(H,58,77)(H,59,71)(H,60,73)(H,61,70)(H,62,72)(H,67,68)(H,78,79)/b27-5+/t25-,26?,28?,29?,30-,31-,32?,33+,36?,37?,38?,39-/m0/s1. The van der Waals surface area contributed by atoms with Crippen LogP contribution < -0.4 is 65.1 Å². The minimum Gasteiger partial charge on any atom is -0.481 e. The molecule has 1 saturated heterocycles. The van der Waals surface area contributed by atoms with Gasteiger partial charge in [-0.1, -0.05) is 57.9 Å². The molecule has 31 nitrogen and oxygen atoms in total. The maximum absolute atomic E-state index is 14.1. The number of cyclic esters (lactones) is 1. The number of hydrogen-bond acceptors (Lipinski definition) is 20. The number of carbonyl (C=O) groups is 12. The average molecular weight is 1180 g/mol. The maximum Gasteiger partial charge on any atom is 0.335 e. The molecule has 81 heavy (non-hydrogen) atoms. The lowest BCUT2D eigenvalue weighted by molar-refractivity contribution is -0.153. The van der Waals surface area contributed by atoms with Gasteiger partial charge in [0.2, 0.25) is 47.3 Å². The van der Waals surface area contributed by atoms with Crippen LogP contribution in [0.4, 0.5) is 0 Å². The van der Waals surface area contributed by atoms with Gasteiger partial charge in [0.15, 0.2) is 12.1 Å². The number of esters is 1. The molecule has 1 aliphatic rings. The number of carboxylic acids is 2. The number of ether oxygens (including phenoxy) is 1. The van der Waals surface area contributed by atoms with Crippen molar-refractivity contribution < 1.29 is 92.9 Å². The molecule has 21 N–H and O–H groups in total. The number of carboxylic acid groups (broad SMARTS) is 2. The van der Waals surface area contributed by atoms with Crippen molar-refractivity contribution >= 4 is 82.7 Å². The number of nitrogens with one attached hydrogen (secondary N) is 9. The lowest BCUT2D eigenvalue weighted by Crippen LogP contribution is -2.63. The van der Waals surface area contributed by atoms with Crippen LogP contribution in [0.5, 0.6) is 0 Å². The lowest BCUT2D eigenvalue weighted by atomic mass is 10.0. The summed E-state index contributed by atoms with van der Waals surface area (Å²) in [5.41, 5.74) is 16.4. The summed E-state index contributed by atoms with van der Waals surface area (Å²) in [6.07, 6.45) is -2.92. The summed E-state index contributed by atoms with van der Waals surface area (Å²) in [4.78, 5) is 162. The number of aliphatic hydroxyl groups excluding tert-OH is 4. The van der Waals surface area contributed by atoms with Gasteiger partial charge in [-0.05, 0) is 72.0 Å². The second kappa shape index (κ2) is 38.9. The van der Waals surface area contributed by atoms with Crippen LogP contribution in [-0.4, -0.2) is 207 Å². The van der Waals surface area contributed by atoms with Gasteiger partial charge in [-0.2, -0.15) is 0 Å². The van der Waals surface area contributed by atoms with Crippen molar-refractivity contribution in [3.8, 4) is 0 Å². The third-order valence-electron chi connectivity index (χ3n) is 12.5. The van der Waals surface area contributed by atoms with E-state index in [-0.39, 0.29) is 45.3 Å². The third kappa shape index (κ3) is 26.7. The first-order chi connectivity index (χ1) is 38.3. The second-order valence-electron chi connectivity index (χ2n) is 19.2. The Morgan fingerprint density at radius 1 is 0.642 bits per heavy atom. The molecular weight excluding hydrogens is 1100 g/mol. The third-order valence-corrected chi connectivity index (χ3v) is 12.8. The summed E-state index contributed by atoms with van der Waals surface area (Å²) >= 11 is 5.88. The van der Waals surface area contributed by atoms with Crippen LogP contribution in [0.3, 0.4) is 0 Å². The van der Waals surface area contributed by atoms with E-state index < -0.39 is 188 Å². The smallest absolute Gasteiger partial charge is 0.335 e. The van der Waals surface area contributed by atoms with Gasteiger partial charge < -0.3 is 100 Å². The molecule has 7 unspecified atom stereocenters. The first-order valence-corrected chi connectivity index (χ1v) is 27.2. The van der Waals surface area contributed by atoms with Crippen molar-refractivity contribution in [2.45, 2.75) is 190 Å². The summed E-state index contributed by atoms with van der Waals surface area (Å²) in [7, 11) is 0. The predicted octanol–water partition coefficient (Wildman–Crippen LogP) is -5.94. The van der Waals surface area contributed by atoms with E-state index in [1.807, 2.05) is 5.32 Å². The van der Waals surface area contributed by atoms with Crippen molar-refractivity contribution in [1.82, 2.24) is 47.9 Å². The number of allylic oxidation sites excluding steroid dienone is 1. The number of aliphatic carboxylic acids is 2. The number of unbranched alkanes of at least 4 members (excludes halogenated alkanes) is 7. The summed E-state index contributed by atoms with van der Waals surface area (Å²) in [6.45, 7) is 2.53. The summed E-state index contributed by atoms with van der Waals surface area (Å²) < 4.78 is 5.32. The maximum atomic E-state index is 14.1. The number of nitrogens with two attached hydrogens (primary N) is 3. The molecule has 1 heterocycles. The first-order valence-electron chi connectivity index (χ1n) is 26.7. The fourth-order valence-corrected chi connectivity index (χ4v) is 8.05. The fourth-order valence-electron chi connectivity index (χ4n) is 7.87. The molecule has 1 rings (SSSR count). The second-order valence-corrected chi connectivity index (χ2v) is 19.5. The van der Waals surface area contributed by atoms with Gasteiger partial charge in [-0.15, -0.1) is 11.6 Å². The molecule has 0 aliphatic carbocycles. The van der Waals surface area contributed by atoms with Crippen LogP contribution in [0.1, 0.15) is 117 Å². The van der Waals surface area contributed by atoms with Crippen LogP contribution in [0.25, 0.3) is 0 Å². The predicted molar refractivity (Wildman–Crippen MR) is 286 cm³/mol. The van der Waals surface area contributed by atoms with Gasteiger partial charge in [0, 0.05) is 0 Å². The zero-order chi connectivity index (χ0) is 61.4. The molecule has 0 aromatic rings. The first kappa shape index (κ1) is 72.4. The highest BCUT2D eigenvalue weighted by molar-refractivity contribution is 6.18. The van der Waals surface area contributed by atoms with Crippen molar-refractivity contribution in [1.29, 1.82) is 0 Å². The average Bonchev–Trinajstić information content (AvgIpc) is 3.41. The van der Waals surface area contributed by atoms with Gasteiger partial charge in [-0.3, -0.25) is 47.9 Å². The lowest BCUT2D eigenvalue weighted by Gasteiger charge is -2.29. The molecule has 32 heteroatoms. The van der Waals surface area contributed by atoms with Crippen molar-refractivity contribution in [2.24, 2.45) is 17.2 Å². The van der Waals surface area contributed by atoms with Gasteiger partial charge >= 0.3 is 17.9 Å². The van der Waals surface area contributed by atoms with E-state index in [0.29, 0.717) is 6.42 Å². The van der Waals surface area contributed by atoms with Crippen LogP contribution >= 0.6 is 11.6 Å². The van der Waals surface area contributed by atoms with Crippen LogP contribution in [0.15, 0.2) is 11.8 Å². The minimum absolute atomic E-state index is 0.0455. The Hall–Kier alpha value is -6.61. The summed E-state index contributed by atoms with van der Waals surface area (Å²) in [5.74, 6) is -17.7. The normalized spacial score (nSPS) is 24.8. The fraction of sp³-hybridized carbons (Fsp3) is 0.714. The highest BCUT2D eigenvalue weighted by Gasteiger charge is 2.40. The van der Waals surface area contributed by atoms with Gasteiger partial charge in [0.05, 0.1) is 37.0 Å². The molecule has 12 atom stereocenters. The highest BCUT2D eigenvalue weighted by Crippen LogP contribution is 2.13. The number of alkyl halides is 1. The van der Waals surface area contributed by atoms with Crippen molar-refractivity contribution in [3.05, 3.63) is 11.8 Å². The molecule has 0 saturated carbocycles. The minimum atomic E-state index is -2.77. The van der Waals surface area contributed by atoms with Gasteiger partial charge in [0.1, 0.15) is 54.6 Å². The highest BCUT2D eigenvalue weighted by atomic mass is 35.5. The molecule has 1 aliphatic heterocycles. The van der Waals surface area contributed by atoms with Crippen LogP contribution in [0, 0.1) is 0 Å². The Morgan fingerprint density at radius 2 is 1.16 bits per heavy atom. The quantitative estimate of drug-likeness (QED) is 0.0166. The van der Waals surface area contributed by atoms with Crippen LogP contribution in [-0.2, 0) is 62.3 Å². The number of amides is 9. The van der Waals surface area contributed by atoms with E-state index in [1.54, 1.807) is 0 Å². The Bertz CT molecular complexity index is 2160. The van der Waals surface area contributed by atoms with E-state index in [9.17, 15) is 88.2 Å². The SMILES string of the molecule is C/C=C1/NC(=O)C([C@H](C)O)NC(=O)[C@H](CCN)NC(=O)C([C@H](O)C(=O)O)NC(=O)C(CCCCN)NC(=O)[C@H](CC(=O)O)NC(=O)C(CCN)NC(=O)C(NC(=O)CC(O)CCCCCCCCC)COC(=O)C([C@H](O)CCl)NC1=O. The topological polar surface area (TPSA) is 522 Å². The number of hydrogen-bond donors (Lipinski definition) is 18. The number of halogens is 1. The Morgan fingerprint density at radius 3 is 1.69 bits per heavy atom. The van der Waals surface area contributed by atoms with E-state index in [4.69, 9.17) is 33.5 Å². The Balaban J connectivity index is 4.05. The molecule has 0 radical (unpaired) electrons. The molecule has 0 aromatic carbocycles. The van der Waals surface area contributed by atoms with Crippen molar-refractivity contribution in [3.63, 3.8) is 0 Å². The molecule has 0 aromatic heterocycles. The number of rotatable bonds is 26. The molecule has 0 bridgehead atoms. The van der Waals surface area contributed by atoms with Gasteiger partial charge in [0.25, 0.3) is 5.91 Å². The zero-order valence-corrected chi connectivity index (χ0v) is 46.5. The Labute approximate surface area is 473 Å². The molecule has 9 amide bonds. The van der Waals surface area contributed by atoms with E-state index in [0.717, 1.165) is 51.5 Å². The van der Waals surface area contributed by atoms with E-state index in [1.165, 1.54) is 6.92 Å². The van der Waals surface area contributed by atoms with Crippen LogP contribution in [0.2, 0.25) is 0 Å². The summed E-state index contributed by atoms with van der Waals surface area (Å²) in [6, 6.07) is -16.0. The molecule has 1 fully saturated rings. The van der Waals surface area contributed by atoms with E-state index >= 15 is 0 Å². The number of carbonyl (C=O) groups excluding carboxylic acids is 10. The van der Waals surface area contributed by atoms with E-state index in [2.05, 4.69) is 49.5 Å². The molecule has 0 spiro atoms. The summed E-state index contributed by atoms with van der Waals surface area (Å²) in [5, 5.41) is 82.0. The molecule has 460 valence electrons. The van der Waals surface area contributed by atoms with Gasteiger partial charge in [-0.25, -0.2) is 9.59 Å². The number of aliphatic hydroxyl groups is 4.